The summed E-state index contributed by atoms with van der Waals surface area (Å²) in [5.41, 5.74) is 2.39. The van der Waals surface area contributed by atoms with E-state index in [9.17, 15) is 4.79 Å². The van der Waals surface area contributed by atoms with Crippen LogP contribution in [0.5, 0.6) is 0 Å². The van der Waals surface area contributed by atoms with Gasteiger partial charge in [-0.25, -0.2) is 0 Å². The number of nitrogens with zero attached hydrogens (tertiary/aromatic N) is 2. The van der Waals surface area contributed by atoms with Crippen molar-refractivity contribution in [3.05, 3.63) is 71.8 Å². The minimum absolute atomic E-state index is 0.267. The molecule has 2 aromatic heterocycles. The topological polar surface area (TPSA) is 60.1 Å². The molecule has 0 fully saturated rings. The monoisotopic (exact) mass is 281 g/mol. The van der Waals surface area contributed by atoms with Crippen molar-refractivity contribution in [3.8, 4) is 0 Å². The SMILES string of the molecule is Cc1ccc(Cn2ccc(NC(=O)c3ccco3)n2)cc1. The molecule has 0 aliphatic carbocycles. The summed E-state index contributed by atoms with van der Waals surface area (Å²) >= 11 is 0. The smallest absolute Gasteiger partial charge is 0.292 e. The largest absolute Gasteiger partial charge is 0.459 e. The standard InChI is InChI=1S/C16H15N3O2/c1-12-4-6-13(7-5-12)11-19-9-8-15(18-19)17-16(20)14-3-2-10-21-14/h2-10H,11H2,1H3,(H,17,18,20). The molecule has 2 heterocycles. The van der Waals surface area contributed by atoms with Crippen LogP contribution < -0.4 is 5.32 Å². The molecule has 0 atom stereocenters. The van der Waals surface area contributed by atoms with Gasteiger partial charge < -0.3 is 9.73 Å². The van der Waals surface area contributed by atoms with Gasteiger partial charge in [0.25, 0.3) is 5.91 Å². The summed E-state index contributed by atoms with van der Waals surface area (Å²) in [6.07, 6.45) is 3.29. The molecule has 1 aromatic carbocycles. The number of hydrogen-bond acceptors (Lipinski definition) is 3. The number of aryl methyl sites for hydroxylation is 1. The lowest BCUT2D eigenvalue weighted by Crippen LogP contribution is -2.12. The third-order valence-corrected chi connectivity index (χ3v) is 3.09. The van der Waals surface area contributed by atoms with E-state index in [1.807, 2.05) is 6.20 Å². The number of aromatic nitrogens is 2. The van der Waals surface area contributed by atoms with Crippen LogP contribution in [0.4, 0.5) is 5.82 Å². The van der Waals surface area contributed by atoms with Crippen LogP contribution in [0.3, 0.4) is 0 Å². The molecule has 21 heavy (non-hydrogen) atoms. The fourth-order valence-electron chi connectivity index (χ4n) is 1.98. The molecule has 5 nitrogen and oxygen atoms in total. The van der Waals surface area contributed by atoms with E-state index in [0.717, 1.165) is 5.56 Å². The molecule has 106 valence electrons. The second-order valence-corrected chi connectivity index (χ2v) is 4.82. The van der Waals surface area contributed by atoms with E-state index in [1.165, 1.54) is 11.8 Å². The molecule has 0 aliphatic rings. The second-order valence-electron chi connectivity index (χ2n) is 4.82. The first-order chi connectivity index (χ1) is 10.2. The molecule has 0 radical (unpaired) electrons. The van der Waals surface area contributed by atoms with Gasteiger partial charge in [-0.2, -0.15) is 5.10 Å². The molecule has 0 spiro atoms. The van der Waals surface area contributed by atoms with Crippen molar-refractivity contribution in [2.75, 3.05) is 5.32 Å². The Balaban J connectivity index is 1.66. The fraction of sp³-hybridized carbons (Fsp3) is 0.125. The highest BCUT2D eigenvalue weighted by atomic mass is 16.3. The number of anilines is 1. The minimum Gasteiger partial charge on any atom is -0.459 e. The first kappa shape index (κ1) is 13.2. The predicted molar refractivity (Wildman–Crippen MR) is 79.2 cm³/mol. The zero-order valence-electron chi connectivity index (χ0n) is 11.6. The van der Waals surface area contributed by atoms with Crippen LogP contribution in [-0.2, 0) is 6.54 Å². The molecule has 0 unspecified atom stereocenters. The molecule has 0 saturated carbocycles. The van der Waals surface area contributed by atoms with E-state index >= 15 is 0 Å². The van der Waals surface area contributed by atoms with E-state index in [2.05, 4.69) is 41.6 Å². The molecular formula is C16H15N3O2. The average Bonchev–Trinajstić information content (AvgIpc) is 3.13. The Kier molecular flexibility index (Phi) is 3.55. The summed E-state index contributed by atoms with van der Waals surface area (Å²) < 4.78 is 6.81. The maximum absolute atomic E-state index is 11.8. The number of hydrogen-bond donors (Lipinski definition) is 1. The Morgan fingerprint density at radius 2 is 2.05 bits per heavy atom. The lowest BCUT2D eigenvalue weighted by Gasteiger charge is -2.03. The summed E-state index contributed by atoms with van der Waals surface area (Å²) in [5, 5.41) is 7.02. The van der Waals surface area contributed by atoms with Crippen LogP contribution >= 0.6 is 0 Å². The van der Waals surface area contributed by atoms with Gasteiger partial charge in [-0.1, -0.05) is 29.8 Å². The zero-order valence-corrected chi connectivity index (χ0v) is 11.6. The van der Waals surface area contributed by atoms with Gasteiger partial charge in [-0.15, -0.1) is 0 Å². The summed E-state index contributed by atoms with van der Waals surface area (Å²) in [6, 6.07) is 13.3. The number of carbonyl (C=O) groups excluding carboxylic acids is 1. The number of nitrogens with one attached hydrogen (secondary N) is 1. The van der Waals surface area contributed by atoms with Crippen molar-refractivity contribution in [2.45, 2.75) is 13.5 Å². The molecule has 1 N–H and O–H groups in total. The summed E-state index contributed by atoms with van der Waals surface area (Å²) in [5.74, 6) is 0.465. The van der Waals surface area contributed by atoms with Crippen LogP contribution in [0.1, 0.15) is 21.7 Å². The van der Waals surface area contributed by atoms with E-state index in [1.54, 1.807) is 22.9 Å². The van der Waals surface area contributed by atoms with Crippen LogP contribution in [0.15, 0.2) is 59.3 Å². The van der Waals surface area contributed by atoms with Crippen molar-refractivity contribution >= 4 is 11.7 Å². The van der Waals surface area contributed by atoms with E-state index in [0.29, 0.717) is 12.4 Å². The highest BCUT2D eigenvalue weighted by Crippen LogP contribution is 2.09. The quantitative estimate of drug-likeness (QED) is 0.799. The number of rotatable bonds is 4. The van der Waals surface area contributed by atoms with E-state index < -0.39 is 0 Å². The van der Waals surface area contributed by atoms with Crippen LogP contribution in [-0.4, -0.2) is 15.7 Å². The van der Waals surface area contributed by atoms with Gasteiger partial charge in [0.2, 0.25) is 0 Å². The number of furan rings is 1. The summed E-state index contributed by atoms with van der Waals surface area (Å²) in [7, 11) is 0. The van der Waals surface area contributed by atoms with Crippen molar-refractivity contribution < 1.29 is 9.21 Å². The minimum atomic E-state index is -0.305. The van der Waals surface area contributed by atoms with Crippen molar-refractivity contribution in [1.82, 2.24) is 9.78 Å². The van der Waals surface area contributed by atoms with Crippen LogP contribution in [0.25, 0.3) is 0 Å². The summed E-state index contributed by atoms with van der Waals surface area (Å²) in [4.78, 5) is 11.8. The third-order valence-electron chi connectivity index (χ3n) is 3.09. The molecule has 3 rings (SSSR count). The fourth-order valence-corrected chi connectivity index (χ4v) is 1.98. The van der Waals surface area contributed by atoms with Crippen molar-refractivity contribution in [3.63, 3.8) is 0 Å². The van der Waals surface area contributed by atoms with E-state index in [-0.39, 0.29) is 11.7 Å². The van der Waals surface area contributed by atoms with E-state index in [4.69, 9.17) is 4.42 Å². The zero-order chi connectivity index (χ0) is 14.7. The van der Waals surface area contributed by atoms with Gasteiger partial charge in [0.15, 0.2) is 11.6 Å². The molecule has 3 aromatic rings. The second kappa shape index (κ2) is 5.66. The van der Waals surface area contributed by atoms with Crippen LogP contribution in [0.2, 0.25) is 0 Å². The lowest BCUT2D eigenvalue weighted by molar-refractivity contribution is 0.0996. The highest BCUT2D eigenvalue weighted by Gasteiger charge is 2.10. The van der Waals surface area contributed by atoms with Gasteiger partial charge in [-0.3, -0.25) is 9.48 Å². The molecule has 0 bridgehead atoms. The first-order valence-electron chi connectivity index (χ1n) is 6.64. The van der Waals surface area contributed by atoms with Gasteiger partial charge >= 0.3 is 0 Å². The van der Waals surface area contributed by atoms with Gasteiger partial charge in [0.05, 0.1) is 12.8 Å². The molecular weight excluding hydrogens is 266 g/mol. The Hall–Kier alpha value is -2.82. The van der Waals surface area contributed by atoms with Gasteiger partial charge in [0.1, 0.15) is 0 Å². The number of benzene rings is 1. The Morgan fingerprint density at radius 3 is 2.76 bits per heavy atom. The van der Waals surface area contributed by atoms with Gasteiger partial charge in [0, 0.05) is 12.3 Å². The third kappa shape index (κ3) is 3.20. The Labute approximate surface area is 122 Å². The molecule has 5 heteroatoms. The van der Waals surface area contributed by atoms with Crippen molar-refractivity contribution in [2.24, 2.45) is 0 Å². The first-order valence-corrected chi connectivity index (χ1v) is 6.64. The highest BCUT2D eigenvalue weighted by molar-refractivity contribution is 6.01. The molecule has 0 aliphatic heterocycles. The molecule has 0 saturated heterocycles. The normalized spacial score (nSPS) is 10.5. The Bertz CT molecular complexity index is 727. The number of amides is 1. The van der Waals surface area contributed by atoms with Crippen LogP contribution in [0, 0.1) is 6.92 Å². The summed E-state index contributed by atoms with van der Waals surface area (Å²) in [6.45, 7) is 2.72. The maximum atomic E-state index is 11.8. The van der Waals surface area contributed by atoms with Gasteiger partial charge in [-0.05, 0) is 24.6 Å². The average molecular weight is 281 g/mol. The predicted octanol–water partition coefficient (Wildman–Crippen LogP) is 3.09. The molecule has 1 amide bonds. The number of carbonyl (C=O) groups is 1. The maximum Gasteiger partial charge on any atom is 0.292 e. The van der Waals surface area contributed by atoms with Crippen molar-refractivity contribution in [1.29, 1.82) is 0 Å². The lowest BCUT2D eigenvalue weighted by atomic mass is 10.1. The Morgan fingerprint density at radius 1 is 1.24 bits per heavy atom.